The largest absolute Gasteiger partial charge is 0.368 e. The van der Waals surface area contributed by atoms with E-state index in [1.54, 1.807) is 6.07 Å². The van der Waals surface area contributed by atoms with Gasteiger partial charge in [-0.05, 0) is 18.2 Å². The van der Waals surface area contributed by atoms with Crippen molar-refractivity contribution < 1.29 is 18.0 Å². The molecule has 0 radical (unpaired) electrons. The first-order chi connectivity index (χ1) is 9.49. The number of hydrogen-bond donors (Lipinski definition) is 2. The zero-order valence-electron chi connectivity index (χ0n) is 10.2. The van der Waals surface area contributed by atoms with Crippen molar-refractivity contribution in [3.05, 3.63) is 65.5 Å². The molecule has 3 N–H and O–H groups in total. The number of rotatable bonds is 4. The highest BCUT2D eigenvalue weighted by atomic mass is 19.1. The third-order valence-electron chi connectivity index (χ3n) is 2.73. The molecule has 0 aliphatic rings. The molecule has 0 heterocycles. The smallest absolute Gasteiger partial charge is 0.244 e. The van der Waals surface area contributed by atoms with Crippen LogP contribution in [0.4, 0.5) is 18.9 Å². The summed E-state index contributed by atoms with van der Waals surface area (Å²) in [5.41, 5.74) is 5.04. The average Bonchev–Trinajstić information content (AvgIpc) is 2.38. The van der Waals surface area contributed by atoms with Gasteiger partial charge in [0.1, 0.15) is 23.5 Å². The van der Waals surface area contributed by atoms with E-state index in [1.807, 2.05) is 0 Å². The van der Waals surface area contributed by atoms with Crippen molar-refractivity contribution in [3.63, 3.8) is 0 Å². The molecule has 0 saturated carbocycles. The molecular weight excluding hydrogens is 269 g/mol. The Morgan fingerprint density at radius 3 is 2.35 bits per heavy atom. The van der Waals surface area contributed by atoms with Crippen LogP contribution < -0.4 is 11.1 Å². The fraction of sp³-hybridized carbons (Fsp3) is 0.0714. The van der Waals surface area contributed by atoms with E-state index in [0.717, 1.165) is 12.1 Å². The number of para-hydroxylation sites is 1. The van der Waals surface area contributed by atoms with Crippen molar-refractivity contribution in [2.24, 2.45) is 5.73 Å². The molecular formula is C14H11F3N2O. The van der Waals surface area contributed by atoms with Crippen LogP contribution in [0, 0.1) is 17.5 Å². The molecule has 20 heavy (non-hydrogen) atoms. The van der Waals surface area contributed by atoms with Crippen LogP contribution in [0.2, 0.25) is 0 Å². The summed E-state index contributed by atoms with van der Waals surface area (Å²) in [6.07, 6.45) is 0. The van der Waals surface area contributed by atoms with Crippen molar-refractivity contribution in [1.29, 1.82) is 0 Å². The highest BCUT2D eigenvalue weighted by Crippen LogP contribution is 2.24. The van der Waals surface area contributed by atoms with Crippen LogP contribution >= 0.6 is 0 Å². The van der Waals surface area contributed by atoms with Gasteiger partial charge in [0, 0.05) is 11.6 Å². The lowest BCUT2D eigenvalue weighted by atomic mass is 10.0. The van der Waals surface area contributed by atoms with Crippen LogP contribution in [0.5, 0.6) is 0 Å². The second-order valence-electron chi connectivity index (χ2n) is 4.13. The van der Waals surface area contributed by atoms with Gasteiger partial charge in [0.25, 0.3) is 0 Å². The number of nitrogens with one attached hydrogen (secondary N) is 1. The van der Waals surface area contributed by atoms with Gasteiger partial charge in [-0.25, -0.2) is 13.2 Å². The summed E-state index contributed by atoms with van der Waals surface area (Å²) < 4.78 is 40.1. The Labute approximate surface area is 113 Å². The van der Waals surface area contributed by atoms with Crippen molar-refractivity contribution in [2.75, 3.05) is 5.32 Å². The van der Waals surface area contributed by atoms with Gasteiger partial charge >= 0.3 is 0 Å². The van der Waals surface area contributed by atoms with Gasteiger partial charge in [-0.3, -0.25) is 4.79 Å². The number of benzene rings is 2. The Bertz CT molecular complexity index is 646. The molecule has 3 nitrogen and oxygen atoms in total. The van der Waals surface area contributed by atoms with E-state index in [4.69, 9.17) is 5.73 Å². The van der Waals surface area contributed by atoms with Crippen LogP contribution in [-0.4, -0.2) is 5.91 Å². The Kier molecular flexibility index (Phi) is 3.93. The number of carbonyl (C=O) groups is 1. The summed E-state index contributed by atoms with van der Waals surface area (Å²) in [7, 11) is 0. The molecule has 2 rings (SSSR count). The third-order valence-corrected chi connectivity index (χ3v) is 2.73. The normalized spacial score (nSPS) is 11.9. The zero-order chi connectivity index (χ0) is 14.7. The lowest BCUT2D eigenvalue weighted by molar-refractivity contribution is -0.118. The molecule has 0 spiro atoms. The molecule has 104 valence electrons. The molecule has 6 heteroatoms. The second kappa shape index (κ2) is 5.64. The summed E-state index contributed by atoms with van der Waals surface area (Å²) >= 11 is 0. The highest BCUT2D eigenvalue weighted by Gasteiger charge is 2.22. The summed E-state index contributed by atoms with van der Waals surface area (Å²) in [5, 5.41) is 2.51. The molecule has 2 aromatic rings. The minimum atomic E-state index is -1.30. The van der Waals surface area contributed by atoms with Crippen molar-refractivity contribution in [3.8, 4) is 0 Å². The minimum Gasteiger partial charge on any atom is -0.368 e. The Morgan fingerprint density at radius 2 is 1.75 bits per heavy atom. The monoisotopic (exact) mass is 280 g/mol. The minimum absolute atomic E-state index is 0.0000231. The predicted octanol–water partition coefficient (Wildman–Crippen LogP) is 2.74. The Balaban J connectivity index is 2.37. The average molecular weight is 280 g/mol. The van der Waals surface area contributed by atoms with E-state index in [9.17, 15) is 18.0 Å². The van der Waals surface area contributed by atoms with E-state index in [-0.39, 0.29) is 11.3 Å². The van der Waals surface area contributed by atoms with E-state index in [2.05, 4.69) is 5.32 Å². The number of amides is 1. The first-order valence-corrected chi connectivity index (χ1v) is 5.74. The number of halogens is 3. The molecule has 0 saturated heterocycles. The van der Waals surface area contributed by atoms with E-state index < -0.39 is 29.4 Å². The number of anilines is 1. The number of hydrogen-bond acceptors (Lipinski definition) is 2. The predicted molar refractivity (Wildman–Crippen MR) is 68.3 cm³/mol. The maximum absolute atomic E-state index is 13.7. The number of nitrogens with two attached hydrogens (primary N) is 1. The molecule has 0 aliphatic carbocycles. The van der Waals surface area contributed by atoms with E-state index >= 15 is 0 Å². The molecule has 2 aromatic carbocycles. The summed E-state index contributed by atoms with van der Waals surface area (Å²) in [6.45, 7) is 0. The molecule has 0 bridgehead atoms. The summed E-state index contributed by atoms with van der Waals surface area (Å²) in [5.74, 6) is -3.22. The molecule has 1 atom stereocenters. The fourth-order valence-electron chi connectivity index (χ4n) is 1.77. The fourth-order valence-corrected chi connectivity index (χ4v) is 1.77. The SMILES string of the molecule is NC(=O)C(Nc1ccccc1F)c1ccc(F)cc1F. The maximum atomic E-state index is 13.7. The summed E-state index contributed by atoms with van der Waals surface area (Å²) in [6, 6.07) is 7.00. The first kappa shape index (κ1) is 13.9. The van der Waals surface area contributed by atoms with Gasteiger partial charge in [-0.2, -0.15) is 0 Å². The lowest BCUT2D eigenvalue weighted by Gasteiger charge is -2.18. The third kappa shape index (κ3) is 2.90. The highest BCUT2D eigenvalue weighted by molar-refractivity contribution is 5.84. The second-order valence-corrected chi connectivity index (χ2v) is 4.13. The van der Waals surface area contributed by atoms with Crippen LogP contribution in [0.15, 0.2) is 42.5 Å². The molecule has 1 amide bonds. The van der Waals surface area contributed by atoms with E-state index in [0.29, 0.717) is 6.07 Å². The lowest BCUT2D eigenvalue weighted by Crippen LogP contribution is -2.28. The molecule has 0 aliphatic heterocycles. The zero-order valence-corrected chi connectivity index (χ0v) is 10.2. The molecule has 0 aromatic heterocycles. The van der Waals surface area contributed by atoms with Gasteiger partial charge in [-0.1, -0.05) is 18.2 Å². The quantitative estimate of drug-likeness (QED) is 0.904. The van der Waals surface area contributed by atoms with Crippen LogP contribution in [0.3, 0.4) is 0 Å². The summed E-state index contributed by atoms with van der Waals surface area (Å²) in [4.78, 5) is 11.4. The number of primary amides is 1. The Hall–Kier alpha value is -2.50. The van der Waals surface area contributed by atoms with Gasteiger partial charge in [0.2, 0.25) is 5.91 Å². The molecule has 1 unspecified atom stereocenters. The maximum Gasteiger partial charge on any atom is 0.244 e. The van der Waals surface area contributed by atoms with Crippen molar-refractivity contribution in [1.82, 2.24) is 0 Å². The van der Waals surface area contributed by atoms with Crippen molar-refractivity contribution >= 4 is 11.6 Å². The number of carbonyl (C=O) groups excluding carboxylic acids is 1. The molecule has 0 fully saturated rings. The van der Waals surface area contributed by atoms with Crippen LogP contribution in [-0.2, 0) is 4.79 Å². The van der Waals surface area contributed by atoms with E-state index in [1.165, 1.54) is 18.2 Å². The van der Waals surface area contributed by atoms with Crippen molar-refractivity contribution in [2.45, 2.75) is 6.04 Å². The van der Waals surface area contributed by atoms with Crippen LogP contribution in [0.1, 0.15) is 11.6 Å². The Morgan fingerprint density at radius 1 is 1.05 bits per heavy atom. The van der Waals surface area contributed by atoms with Gasteiger partial charge < -0.3 is 11.1 Å². The van der Waals surface area contributed by atoms with Crippen LogP contribution in [0.25, 0.3) is 0 Å². The topological polar surface area (TPSA) is 55.1 Å². The first-order valence-electron chi connectivity index (χ1n) is 5.74. The van der Waals surface area contributed by atoms with Gasteiger partial charge in [0.05, 0.1) is 5.69 Å². The van der Waals surface area contributed by atoms with Gasteiger partial charge in [0.15, 0.2) is 0 Å². The standard InChI is InChI=1S/C14H11F3N2O/c15-8-5-6-9(11(17)7-8)13(14(18)20)19-12-4-2-1-3-10(12)16/h1-7,13,19H,(H2,18,20). The van der Waals surface area contributed by atoms with Gasteiger partial charge in [-0.15, -0.1) is 0 Å².